The van der Waals surface area contributed by atoms with E-state index in [4.69, 9.17) is 15.5 Å². The molecule has 2 N–H and O–H groups in total. The fourth-order valence-corrected chi connectivity index (χ4v) is 4.58. The van der Waals surface area contributed by atoms with Crippen LogP contribution in [0, 0.1) is 0 Å². The number of halogens is 3. The van der Waals surface area contributed by atoms with Crippen LogP contribution in [0.4, 0.5) is 25.1 Å². The van der Waals surface area contributed by atoms with Gasteiger partial charge in [-0.15, -0.1) is 0 Å². The van der Waals surface area contributed by atoms with Crippen molar-refractivity contribution in [3.05, 3.63) is 23.7 Å². The van der Waals surface area contributed by atoms with Crippen LogP contribution >= 0.6 is 11.8 Å². The van der Waals surface area contributed by atoms with E-state index in [0.717, 1.165) is 31.2 Å². The summed E-state index contributed by atoms with van der Waals surface area (Å²) < 4.78 is 46.1. The normalized spacial score (nSPS) is 19.1. The van der Waals surface area contributed by atoms with Gasteiger partial charge in [0.25, 0.3) is 0 Å². The molecule has 2 aromatic rings. The van der Waals surface area contributed by atoms with Crippen LogP contribution in [-0.2, 0) is 15.7 Å². The molecule has 11 heteroatoms. The monoisotopic (exact) mass is 426 g/mol. The molecule has 2 fully saturated rings. The molecule has 4 rings (SSSR count). The van der Waals surface area contributed by atoms with E-state index >= 15 is 0 Å². The first-order valence-corrected chi connectivity index (χ1v) is 10.5. The van der Waals surface area contributed by atoms with Gasteiger partial charge < -0.3 is 15.4 Å². The molecule has 0 spiro atoms. The van der Waals surface area contributed by atoms with E-state index < -0.39 is 17.8 Å². The number of nitrogen functional groups attached to an aromatic ring is 1. The number of aromatic nitrogens is 4. The number of rotatable bonds is 4. The fraction of sp³-hybridized carbons (Fsp3) is 0.556. The summed E-state index contributed by atoms with van der Waals surface area (Å²) in [5.74, 6) is -0.0191. The van der Waals surface area contributed by atoms with E-state index in [1.54, 1.807) is 17.8 Å². The van der Waals surface area contributed by atoms with Crippen LogP contribution in [0.25, 0.3) is 11.3 Å². The molecule has 7 nitrogen and oxygen atoms in total. The molecule has 1 aliphatic carbocycles. The lowest BCUT2D eigenvalue weighted by Crippen LogP contribution is -2.38. The van der Waals surface area contributed by atoms with Crippen molar-refractivity contribution in [3.8, 4) is 11.3 Å². The summed E-state index contributed by atoms with van der Waals surface area (Å²) in [6.07, 6.45) is 1.33. The number of hydrogen-bond acceptors (Lipinski definition) is 8. The maximum atomic E-state index is 13.6. The van der Waals surface area contributed by atoms with Gasteiger partial charge in [0, 0.05) is 24.8 Å². The van der Waals surface area contributed by atoms with Crippen molar-refractivity contribution in [1.29, 1.82) is 0 Å². The zero-order valence-corrected chi connectivity index (χ0v) is 16.7. The van der Waals surface area contributed by atoms with Gasteiger partial charge in [0.15, 0.2) is 5.69 Å². The molecule has 0 radical (unpaired) electrons. The Morgan fingerprint density at radius 3 is 2.48 bits per heavy atom. The average Bonchev–Trinajstić information content (AvgIpc) is 2.67. The number of alkyl halides is 3. The number of ether oxygens (including phenoxy) is 1. The zero-order valence-electron chi connectivity index (χ0n) is 15.9. The van der Waals surface area contributed by atoms with Gasteiger partial charge in [0.05, 0.1) is 29.3 Å². The first-order valence-electron chi connectivity index (χ1n) is 9.30. The molecule has 0 bridgehead atoms. The van der Waals surface area contributed by atoms with Crippen LogP contribution in [-0.4, -0.2) is 52.5 Å². The van der Waals surface area contributed by atoms with E-state index in [1.165, 1.54) is 0 Å². The summed E-state index contributed by atoms with van der Waals surface area (Å²) in [4.78, 5) is 18.4. The minimum atomic E-state index is -4.68. The Labute approximate surface area is 170 Å². The van der Waals surface area contributed by atoms with Crippen molar-refractivity contribution >= 4 is 23.7 Å². The second-order valence-electron chi connectivity index (χ2n) is 7.08. The molecule has 0 atom stereocenters. The van der Waals surface area contributed by atoms with Gasteiger partial charge in [-0.2, -0.15) is 24.9 Å². The van der Waals surface area contributed by atoms with E-state index in [0.29, 0.717) is 32.3 Å². The van der Waals surface area contributed by atoms with E-state index in [2.05, 4.69) is 15.0 Å². The first kappa shape index (κ1) is 20.1. The fourth-order valence-electron chi connectivity index (χ4n) is 3.57. The van der Waals surface area contributed by atoms with E-state index in [1.807, 2.05) is 11.2 Å². The molecule has 2 aliphatic rings. The Kier molecular flexibility index (Phi) is 5.28. The summed E-state index contributed by atoms with van der Waals surface area (Å²) in [7, 11) is 0. The van der Waals surface area contributed by atoms with Crippen molar-refractivity contribution in [2.45, 2.75) is 30.2 Å². The molecule has 0 aromatic carbocycles. The molecular formula is C18H21F3N6OS. The molecule has 1 saturated carbocycles. The van der Waals surface area contributed by atoms with Gasteiger partial charge in [-0.1, -0.05) is 0 Å². The minimum absolute atomic E-state index is 0.157. The molecule has 0 unspecified atom stereocenters. The van der Waals surface area contributed by atoms with Crippen molar-refractivity contribution in [3.63, 3.8) is 0 Å². The maximum absolute atomic E-state index is 13.6. The smallest absolute Gasteiger partial charge is 0.378 e. The summed E-state index contributed by atoms with van der Waals surface area (Å²) in [5.41, 5.74) is 5.04. The number of hydrogen-bond donors (Lipinski definition) is 1. The second kappa shape index (κ2) is 7.60. The lowest BCUT2D eigenvalue weighted by molar-refractivity contribution is -0.140. The molecule has 0 amide bonds. The Hall–Kier alpha value is -2.14. The van der Waals surface area contributed by atoms with Gasteiger partial charge in [-0.05, 0) is 31.6 Å². The first-order chi connectivity index (χ1) is 13.8. The number of nitrogens with zero attached hydrogens (tertiary/aromatic N) is 5. The van der Waals surface area contributed by atoms with Gasteiger partial charge in [0.2, 0.25) is 11.9 Å². The van der Waals surface area contributed by atoms with Crippen LogP contribution in [0.5, 0.6) is 0 Å². The number of thioether (sulfide) groups is 1. The van der Waals surface area contributed by atoms with Gasteiger partial charge in [-0.3, -0.25) is 0 Å². The van der Waals surface area contributed by atoms with Gasteiger partial charge >= 0.3 is 6.18 Å². The predicted molar refractivity (Wildman–Crippen MR) is 105 cm³/mol. The highest BCUT2D eigenvalue weighted by Crippen LogP contribution is 2.51. The molecule has 1 aliphatic heterocycles. The second-order valence-corrected chi connectivity index (χ2v) is 8.27. The van der Waals surface area contributed by atoms with Crippen molar-refractivity contribution in [2.75, 3.05) is 43.2 Å². The number of nitrogens with two attached hydrogens (primary N) is 1. The van der Waals surface area contributed by atoms with Crippen molar-refractivity contribution in [1.82, 2.24) is 19.9 Å². The molecule has 2 aromatic heterocycles. The molecule has 3 heterocycles. The van der Waals surface area contributed by atoms with Crippen LogP contribution in [0.15, 0.2) is 12.3 Å². The lowest BCUT2D eigenvalue weighted by atomic mass is 9.81. The number of anilines is 2. The molecule has 29 heavy (non-hydrogen) atoms. The van der Waals surface area contributed by atoms with Crippen LogP contribution in [0.3, 0.4) is 0 Å². The molecular weight excluding hydrogens is 405 g/mol. The molecule has 156 valence electrons. The standard InChI is InChI=1S/C18H21F3N6OS/c1-29-17(3-2-4-17)13-9-12(24-16(25-13)27-5-7-28-8-6-27)11-10-23-15(22)26-14(11)18(19,20)21/h9-10H,2-8H2,1H3,(H2,22,23,26). The number of morpholine rings is 1. The Morgan fingerprint density at radius 1 is 1.17 bits per heavy atom. The highest BCUT2D eigenvalue weighted by molar-refractivity contribution is 7.99. The topological polar surface area (TPSA) is 90.0 Å². The van der Waals surface area contributed by atoms with Crippen molar-refractivity contribution in [2.24, 2.45) is 0 Å². The van der Waals surface area contributed by atoms with E-state index in [9.17, 15) is 13.2 Å². The maximum Gasteiger partial charge on any atom is 0.434 e. The highest BCUT2D eigenvalue weighted by Gasteiger charge is 2.41. The Balaban J connectivity index is 1.87. The van der Waals surface area contributed by atoms with E-state index in [-0.39, 0.29) is 16.0 Å². The van der Waals surface area contributed by atoms with Gasteiger partial charge in [-0.25, -0.2) is 19.9 Å². The third-order valence-electron chi connectivity index (χ3n) is 5.38. The quantitative estimate of drug-likeness (QED) is 0.798. The predicted octanol–water partition coefficient (Wildman–Crippen LogP) is 3.11. The summed E-state index contributed by atoms with van der Waals surface area (Å²) in [6, 6.07) is 1.64. The minimum Gasteiger partial charge on any atom is -0.378 e. The zero-order chi connectivity index (χ0) is 20.6. The largest absolute Gasteiger partial charge is 0.434 e. The van der Waals surface area contributed by atoms with Crippen molar-refractivity contribution < 1.29 is 17.9 Å². The van der Waals surface area contributed by atoms with Crippen LogP contribution in [0.2, 0.25) is 0 Å². The summed E-state index contributed by atoms with van der Waals surface area (Å²) in [5, 5.41) is 0. The SMILES string of the molecule is CSC1(c2cc(-c3cnc(N)nc3C(F)(F)F)nc(N3CCOCC3)n2)CCC1. The highest BCUT2D eigenvalue weighted by atomic mass is 32.2. The van der Waals surface area contributed by atoms with Crippen LogP contribution in [0.1, 0.15) is 30.7 Å². The van der Waals surface area contributed by atoms with Crippen LogP contribution < -0.4 is 10.6 Å². The Morgan fingerprint density at radius 2 is 1.90 bits per heavy atom. The summed E-state index contributed by atoms with van der Waals surface area (Å²) >= 11 is 1.68. The van der Waals surface area contributed by atoms with Gasteiger partial charge in [0.1, 0.15) is 0 Å². The third-order valence-corrected chi connectivity index (χ3v) is 6.78. The Bertz CT molecular complexity index is 894. The lowest BCUT2D eigenvalue weighted by Gasteiger charge is -2.40. The summed E-state index contributed by atoms with van der Waals surface area (Å²) in [6.45, 7) is 2.21. The third kappa shape index (κ3) is 3.85. The molecule has 1 saturated heterocycles. The average molecular weight is 426 g/mol.